The molecule has 0 saturated heterocycles. The second kappa shape index (κ2) is 8.48. The van der Waals surface area contributed by atoms with Gasteiger partial charge >= 0.3 is 5.97 Å². The van der Waals surface area contributed by atoms with Gasteiger partial charge in [-0.05, 0) is 39.2 Å². The van der Waals surface area contributed by atoms with Gasteiger partial charge in [-0.3, -0.25) is 4.79 Å². The topological polar surface area (TPSA) is 47.6 Å². The fourth-order valence-electron chi connectivity index (χ4n) is 2.07. The van der Waals surface area contributed by atoms with Gasteiger partial charge in [-0.1, -0.05) is 20.8 Å². The van der Waals surface area contributed by atoms with Crippen molar-refractivity contribution in [3.8, 4) is 0 Å². The average molecular weight is 259 g/mol. The summed E-state index contributed by atoms with van der Waals surface area (Å²) in [5.74, 6) is 0.394. The molecule has 4 nitrogen and oxygen atoms in total. The first-order valence-corrected chi connectivity index (χ1v) is 6.80. The van der Waals surface area contributed by atoms with E-state index in [0.29, 0.717) is 18.9 Å². The standard InChI is InChI=1S/C14H29NO3/c1-7-15-14(5,13(16)17-6)8-9-18-12(4)10-11(2)3/h11-12,15H,7-10H2,1-6H3. The van der Waals surface area contributed by atoms with Gasteiger partial charge in [0.15, 0.2) is 0 Å². The van der Waals surface area contributed by atoms with E-state index in [0.717, 1.165) is 13.0 Å². The van der Waals surface area contributed by atoms with Crippen LogP contribution >= 0.6 is 0 Å². The molecular weight excluding hydrogens is 230 g/mol. The lowest BCUT2D eigenvalue weighted by Gasteiger charge is -2.28. The van der Waals surface area contributed by atoms with E-state index < -0.39 is 5.54 Å². The molecule has 0 spiro atoms. The number of rotatable bonds is 9. The van der Waals surface area contributed by atoms with Crippen LogP contribution in [0.15, 0.2) is 0 Å². The highest BCUT2D eigenvalue weighted by atomic mass is 16.5. The van der Waals surface area contributed by atoms with Crippen LogP contribution in [0, 0.1) is 5.92 Å². The second-order valence-corrected chi connectivity index (χ2v) is 5.41. The van der Waals surface area contributed by atoms with Crippen molar-refractivity contribution in [1.82, 2.24) is 5.32 Å². The van der Waals surface area contributed by atoms with E-state index in [2.05, 4.69) is 26.1 Å². The Kier molecular flexibility index (Phi) is 8.20. The monoisotopic (exact) mass is 259 g/mol. The van der Waals surface area contributed by atoms with Crippen LogP contribution in [0.3, 0.4) is 0 Å². The van der Waals surface area contributed by atoms with E-state index in [9.17, 15) is 4.79 Å². The highest BCUT2D eigenvalue weighted by molar-refractivity contribution is 5.80. The summed E-state index contributed by atoms with van der Waals surface area (Å²) in [4.78, 5) is 11.7. The van der Waals surface area contributed by atoms with Gasteiger partial charge in [-0.2, -0.15) is 0 Å². The molecule has 0 rings (SSSR count). The Hall–Kier alpha value is -0.610. The van der Waals surface area contributed by atoms with Crippen LogP contribution in [0.4, 0.5) is 0 Å². The number of esters is 1. The van der Waals surface area contributed by atoms with Crippen molar-refractivity contribution in [2.75, 3.05) is 20.3 Å². The van der Waals surface area contributed by atoms with Crippen molar-refractivity contribution >= 4 is 5.97 Å². The summed E-state index contributed by atoms with van der Waals surface area (Å²) in [6, 6.07) is 0. The second-order valence-electron chi connectivity index (χ2n) is 5.41. The molecule has 0 amide bonds. The number of ether oxygens (including phenoxy) is 2. The highest BCUT2D eigenvalue weighted by Gasteiger charge is 2.33. The van der Waals surface area contributed by atoms with Crippen molar-refractivity contribution in [1.29, 1.82) is 0 Å². The summed E-state index contributed by atoms with van der Waals surface area (Å²) in [5, 5.41) is 3.17. The minimum Gasteiger partial charge on any atom is -0.468 e. The van der Waals surface area contributed by atoms with Gasteiger partial charge in [0.05, 0.1) is 13.2 Å². The maximum atomic E-state index is 11.7. The van der Waals surface area contributed by atoms with E-state index in [1.54, 1.807) is 0 Å². The van der Waals surface area contributed by atoms with Crippen molar-refractivity contribution in [3.63, 3.8) is 0 Å². The predicted octanol–water partition coefficient (Wildman–Crippen LogP) is 2.37. The summed E-state index contributed by atoms with van der Waals surface area (Å²) in [6.45, 7) is 11.6. The largest absolute Gasteiger partial charge is 0.468 e. The third-order valence-corrected chi connectivity index (χ3v) is 3.01. The van der Waals surface area contributed by atoms with Crippen LogP contribution in [0.1, 0.15) is 47.5 Å². The Morgan fingerprint density at radius 3 is 2.39 bits per heavy atom. The molecule has 2 atom stereocenters. The third kappa shape index (κ3) is 6.36. The van der Waals surface area contributed by atoms with Gasteiger partial charge in [-0.15, -0.1) is 0 Å². The molecule has 4 heteroatoms. The molecule has 0 aromatic heterocycles. The fraction of sp³-hybridized carbons (Fsp3) is 0.929. The molecule has 108 valence electrons. The number of nitrogens with one attached hydrogen (secondary N) is 1. The van der Waals surface area contributed by atoms with Gasteiger partial charge in [0.2, 0.25) is 0 Å². The number of likely N-dealkylation sites (N-methyl/N-ethyl adjacent to an activating group) is 1. The fourth-order valence-corrected chi connectivity index (χ4v) is 2.07. The molecule has 0 bridgehead atoms. The molecule has 0 aliphatic rings. The van der Waals surface area contributed by atoms with Gasteiger partial charge < -0.3 is 14.8 Å². The summed E-state index contributed by atoms with van der Waals surface area (Å²) in [5.41, 5.74) is -0.652. The first-order chi connectivity index (χ1) is 8.35. The normalized spacial score (nSPS) is 16.4. The number of hydrogen-bond acceptors (Lipinski definition) is 4. The minimum absolute atomic E-state index is 0.230. The van der Waals surface area contributed by atoms with E-state index in [1.165, 1.54) is 7.11 Å². The average Bonchev–Trinajstić information content (AvgIpc) is 2.27. The Morgan fingerprint density at radius 2 is 1.94 bits per heavy atom. The molecule has 0 heterocycles. The van der Waals surface area contributed by atoms with Gasteiger partial charge in [0.25, 0.3) is 0 Å². The molecule has 0 aliphatic carbocycles. The molecule has 18 heavy (non-hydrogen) atoms. The lowest BCUT2D eigenvalue weighted by molar-refractivity contribution is -0.149. The predicted molar refractivity (Wildman–Crippen MR) is 73.6 cm³/mol. The lowest BCUT2D eigenvalue weighted by atomic mass is 9.98. The zero-order chi connectivity index (χ0) is 14.2. The van der Waals surface area contributed by atoms with Gasteiger partial charge in [0, 0.05) is 6.61 Å². The smallest absolute Gasteiger partial charge is 0.325 e. The molecule has 1 N–H and O–H groups in total. The number of methoxy groups -OCH3 is 1. The van der Waals surface area contributed by atoms with Crippen LogP contribution in [0.5, 0.6) is 0 Å². The molecule has 2 unspecified atom stereocenters. The lowest BCUT2D eigenvalue weighted by Crippen LogP contribution is -2.51. The Morgan fingerprint density at radius 1 is 1.33 bits per heavy atom. The number of hydrogen-bond donors (Lipinski definition) is 1. The Balaban J connectivity index is 4.16. The van der Waals surface area contributed by atoms with Crippen molar-refractivity contribution in [3.05, 3.63) is 0 Å². The third-order valence-electron chi connectivity index (χ3n) is 3.01. The quantitative estimate of drug-likeness (QED) is 0.646. The number of carbonyl (C=O) groups is 1. The molecule has 0 aliphatic heterocycles. The van der Waals surface area contributed by atoms with E-state index in [4.69, 9.17) is 9.47 Å². The van der Waals surface area contributed by atoms with Gasteiger partial charge in [0.1, 0.15) is 5.54 Å². The number of carbonyl (C=O) groups excluding carboxylic acids is 1. The van der Waals surface area contributed by atoms with Crippen LogP contribution in [-0.4, -0.2) is 37.9 Å². The first kappa shape index (κ1) is 17.4. The molecule has 0 aromatic rings. The van der Waals surface area contributed by atoms with Crippen LogP contribution in [-0.2, 0) is 14.3 Å². The zero-order valence-corrected chi connectivity index (χ0v) is 12.7. The molecular formula is C14H29NO3. The van der Waals surface area contributed by atoms with E-state index >= 15 is 0 Å². The van der Waals surface area contributed by atoms with Crippen LogP contribution < -0.4 is 5.32 Å². The SMILES string of the molecule is CCNC(C)(CCOC(C)CC(C)C)C(=O)OC. The minimum atomic E-state index is -0.652. The Bertz CT molecular complexity index is 243. The molecule has 0 radical (unpaired) electrons. The summed E-state index contributed by atoms with van der Waals surface area (Å²) >= 11 is 0. The molecule has 0 aromatic carbocycles. The zero-order valence-electron chi connectivity index (χ0n) is 12.7. The van der Waals surface area contributed by atoms with Crippen molar-refractivity contribution in [2.45, 2.75) is 59.1 Å². The summed E-state index contributed by atoms with van der Waals surface area (Å²) in [7, 11) is 1.42. The summed E-state index contributed by atoms with van der Waals surface area (Å²) < 4.78 is 10.6. The highest BCUT2D eigenvalue weighted by Crippen LogP contribution is 2.14. The maximum Gasteiger partial charge on any atom is 0.325 e. The van der Waals surface area contributed by atoms with Crippen molar-refractivity contribution < 1.29 is 14.3 Å². The molecule has 0 fully saturated rings. The van der Waals surface area contributed by atoms with Crippen molar-refractivity contribution in [2.24, 2.45) is 5.92 Å². The van der Waals surface area contributed by atoms with E-state index in [1.807, 2.05) is 13.8 Å². The summed E-state index contributed by atoms with van der Waals surface area (Å²) in [6.07, 6.45) is 1.89. The Labute approximate surface area is 111 Å². The first-order valence-electron chi connectivity index (χ1n) is 6.80. The van der Waals surface area contributed by atoms with E-state index in [-0.39, 0.29) is 12.1 Å². The van der Waals surface area contributed by atoms with Crippen LogP contribution in [0.25, 0.3) is 0 Å². The van der Waals surface area contributed by atoms with Crippen LogP contribution in [0.2, 0.25) is 0 Å². The van der Waals surface area contributed by atoms with Gasteiger partial charge in [-0.25, -0.2) is 0 Å². The molecule has 0 saturated carbocycles. The maximum absolute atomic E-state index is 11.7.